The maximum Gasteiger partial charge on any atom is 0.252 e. The Kier molecular flexibility index (Phi) is 7.22. The summed E-state index contributed by atoms with van der Waals surface area (Å²) in [7, 11) is 1.65. The quantitative estimate of drug-likeness (QED) is 0.742. The van der Waals surface area contributed by atoms with E-state index in [1.165, 1.54) is 0 Å². The van der Waals surface area contributed by atoms with Gasteiger partial charge in [-0.2, -0.15) is 0 Å². The number of benzene rings is 1. The summed E-state index contributed by atoms with van der Waals surface area (Å²) in [5.41, 5.74) is 0.476. The van der Waals surface area contributed by atoms with Crippen molar-refractivity contribution in [2.45, 2.75) is 11.2 Å². The molecular weight excluding hydrogens is 385 g/mol. The lowest BCUT2D eigenvalue weighted by Gasteiger charge is -2.10. The molecular formula is C12H14Br2ClNO2. The molecule has 0 aliphatic heterocycles. The van der Waals surface area contributed by atoms with Crippen LogP contribution in [0.1, 0.15) is 16.8 Å². The smallest absolute Gasteiger partial charge is 0.252 e. The number of amides is 1. The molecule has 0 heterocycles. The van der Waals surface area contributed by atoms with Gasteiger partial charge in [0, 0.05) is 23.0 Å². The molecule has 1 amide bonds. The van der Waals surface area contributed by atoms with Gasteiger partial charge in [-0.05, 0) is 24.6 Å². The van der Waals surface area contributed by atoms with Crippen LogP contribution >= 0.6 is 43.5 Å². The van der Waals surface area contributed by atoms with Crippen LogP contribution in [0.2, 0.25) is 5.02 Å². The Bertz CT molecular complexity index is 415. The zero-order valence-electron chi connectivity index (χ0n) is 9.88. The van der Waals surface area contributed by atoms with Crippen LogP contribution in [0.25, 0.3) is 0 Å². The van der Waals surface area contributed by atoms with Gasteiger partial charge in [0.2, 0.25) is 0 Å². The first-order chi connectivity index (χ1) is 8.54. The van der Waals surface area contributed by atoms with E-state index >= 15 is 0 Å². The van der Waals surface area contributed by atoms with E-state index in [0.717, 1.165) is 10.9 Å². The lowest BCUT2D eigenvalue weighted by molar-refractivity contribution is 0.0952. The minimum Gasteiger partial charge on any atom is -0.384 e. The third-order valence-electron chi connectivity index (χ3n) is 2.26. The van der Waals surface area contributed by atoms with E-state index in [4.69, 9.17) is 16.3 Å². The van der Waals surface area contributed by atoms with Crippen molar-refractivity contribution in [2.75, 3.05) is 20.3 Å². The molecule has 3 nitrogen and oxygen atoms in total. The number of hydrogen-bond donors (Lipinski definition) is 1. The minimum absolute atomic E-state index is 0.168. The van der Waals surface area contributed by atoms with E-state index in [2.05, 4.69) is 37.2 Å². The van der Waals surface area contributed by atoms with Crippen LogP contribution in [-0.2, 0) is 4.74 Å². The molecule has 0 aliphatic carbocycles. The highest BCUT2D eigenvalue weighted by Gasteiger charge is 2.11. The van der Waals surface area contributed by atoms with Crippen LogP contribution in [-0.4, -0.2) is 31.0 Å². The Hall–Kier alpha value is -0.100. The van der Waals surface area contributed by atoms with Crippen LogP contribution in [0.4, 0.5) is 0 Å². The lowest BCUT2D eigenvalue weighted by atomic mass is 10.2. The van der Waals surface area contributed by atoms with E-state index in [1.54, 1.807) is 25.3 Å². The largest absolute Gasteiger partial charge is 0.384 e. The maximum absolute atomic E-state index is 11.9. The molecule has 1 N–H and O–H groups in total. The van der Waals surface area contributed by atoms with Crippen LogP contribution in [0, 0.1) is 0 Å². The predicted octanol–water partition coefficient (Wildman–Crippen LogP) is 3.63. The van der Waals surface area contributed by atoms with Gasteiger partial charge in [0.25, 0.3) is 5.91 Å². The molecule has 1 aromatic rings. The molecule has 0 bridgehead atoms. The monoisotopic (exact) mass is 397 g/mol. The topological polar surface area (TPSA) is 38.3 Å². The zero-order chi connectivity index (χ0) is 13.5. The Morgan fingerprint density at radius 2 is 2.28 bits per heavy atom. The fourth-order valence-electron chi connectivity index (χ4n) is 1.37. The molecule has 1 unspecified atom stereocenters. The van der Waals surface area contributed by atoms with Gasteiger partial charge < -0.3 is 10.1 Å². The van der Waals surface area contributed by atoms with Crippen molar-refractivity contribution < 1.29 is 9.53 Å². The summed E-state index contributed by atoms with van der Waals surface area (Å²) in [6.45, 7) is 1.19. The molecule has 0 saturated heterocycles. The Balaban J connectivity index is 2.48. The molecule has 1 aromatic carbocycles. The Morgan fingerprint density at radius 3 is 2.94 bits per heavy atom. The number of rotatable bonds is 6. The normalized spacial score (nSPS) is 12.2. The summed E-state index contributed by atoms with van der Waals surface area (Å²) >= 11 is 12.7. The average Bonchev–Trinajstić information content (AvgIpc) is 2.32. The van der Waals surface area contributed by atoms with Gasteiger partial charge >= 0.3 is 0 Å². The van der Waals surface area contributed by atoms with Crippen LogP contribution < -0.4 is 5.32 Å². The summed E-state index contributed by atoms with van der Waals surface area (Å²) in [4.78, 5) is 12.1. The van der Waals surface area contributed by atoms with Gasteiger partial charge in [-0.3, -0.25) is 4.79 Å². The molecule has 6 heteroatoms. The SMILES string of the molecule is COCC(Br)CCNC(=O)c1cc(Br)ccc1Cl. The fraction of sp³-hybridized carbons (Fsp3) is 0.417. The number of halogens is 3. The molecule has 1 atom stereocenters. The van der Waals surface area contributed by atoms with Crippen molar-refractivity contribution in [1.29, 1.82) is 0 Å². The van der Waals surface area contributed by atoms with Gasteiger partial charge in [-0.25, -0.2) is 0 Å². The lowest BCUT2D eigenvalue weighted by Crippen LogP contribution is -2.27. The number of ether oxygens (including phenoxy) is 1. The second-order valence-corrected chi connectivity index (χ2v) is 6.34. The number of carbonyl (C=O) groups excluding carboxylic acids is 1. The molecule has 0 radical (unpaired) electrons. The number of hydrogen-bond acceptors (Lipinski definition) is 2. The van der Waals surface area contributed by atoms with E-state index in [1.807, 2.05) is 0 Å². The first kappa shape index (κ1) is 16.0. The molecule has 0 aliphatic rings. The minimum atomic E-state index is -0.168. The second-order valence-electron chi connectivity index (χ2n) is 3.72. The van der Waals surface area contributed by atoms with Gasteiger partial charge in [0.15, 0.2) is 0 Å². The van der Waals surface area contributed by atoms with E-state index in [-0.39, 0.29) is 10.7 Å². The third-order valence-corrected chi connectivity index (χ3v) is 3.81. The van der Waals surface area contributed by atoms with Crippen molar-refractivity contribution >= 4 is 49.4 Å². The van der Waals surface area contributed by atoms with Gasteiger partial charge in [0.1, 0.15) is 0 Å². The van der Waals surface area contributed by atoms with Crippen molar-refractivity contribution in [1.82, 2.24) is 5.32 Å². The highest BCUT2D eigenvalue weighted by Crippen LogP contribution is 2.20. The second kappa shape index (κ2) is 8.15. The van der Waals surface area contributed by atoms with E-state index in [0.29, 0.717) is 23.7 Å². The first-order valence-electron chi connectivity index (χ1n) is 5.41. The van der Waals surface area contributed by atoms with Crippen LogP contribution in [0.5, 0.6) is 0 Å². The Morgan fingerprint density at radius 1 is 1.56 bits per heavy atom. The Labute approximate surface area is 128 Å². The molecule has 18 heavy (non-hydrogen) atoms. The summed E-state index contributed by atoms with van der Waals surface area (Å²) < 4.78 is 5.82. The molecule has 0 aromatic heterocycles. The van der Waals surface area contributed by atoms with Crippen molar-refractivity contribution in [2.24, 2.45) is 0 Å². The summed E-state index contributed by atoms with van der Waals surface area (Å²) in [6, 6.07) is 5.20. The molecule has 0 spiro atoms. The molecule has 0 saturated carbocycles. The zero-order valence-corrected chi connectivity index (χ0v) is 13.8. The van der Waals surface area contributed by atoms with Crippen molar-refractivity contribution in [3.63, 3.8) is 0 Å². The molecule has 0 fully saturated rings. The van der Waals surface area contributed by atoms with Crippen molar-refractivity contribution in [3.05, 3.63) is 33.3 Å². The number of nitrogens with one attached hydrogen (secondary N) is 1. The van der Waals surface area contributed by atoms with Gasteiger partial charge in [-0.1, -0.05) is 43.5 Å². The number of methoxy groups -OCH3 is 1. The molecule has 1 rings (SSSR count). The maximum atomic E-state index is 11.9. The standard InChI is InChI=1S/C12H14Br2ClNO2/c1-18-7-9(14)4-5-16-12(17)10-6-8(13)2-3-11(10)15/h2-3,6,9H,4-5,7H2,1H3,(H,16,17). The van der Waals surface area contributed by atoms with E-state index in [9.17, 15) is 4.79 Å². The molecule has 100 valence electrons. The van der Waals surface area contributed by atoms with Gasteiger partial charge in [-0.15, -0.1) is 0 Å². The highest BCUT2D eigenvalue weighted by molar-refractivity contribution is 9.10. The van der Waals surface area contributed by atoms with Crippen LogP contribution in [0.15, 0.2) is 22.7 Å². The third kappa shape index (κ3) is 5.26. The van der Waals surface area contributed by atoms with Crippen LogP contribution in [0.3, 0.4) is 0 Å². The summed E-state index contributed by atoms with van der Waals surface area (Å²) in [5.74, 6) is -0.168. The summed E-state index contributed by atoms with van der Waals surface area (Å²) in [5, 5.41) is 3.27. The fourth-order valence-corrected chi connectivity index (χ4v) is 2.43. The van der Waals surface area contributed by atoms with E-state index < -0.39 is 0 Å². The highest BCUT2D eigenvalue weighted by atomic mass is 79.9. The number of alkyl halides is 1. The summed E-state index contributed by atoms with van der Waals surface area (Å²) in [6.07, 6.45) is 0.797. The number of carbonyl (C=O) groups is 1. The average molecular weight is 400 g/mol. The van der Waals surface area contributed by atoms with Crippen molar-refractivity contribution in [3.8, 4) is 0 Å². The first-order valence-corrected chi connectivity index (χ1v) is 7.49. The predicted molar refractivity (Wildman–Crippen MR) is 80.7 cm³/mol. The van der Waals surface area contributed by atoms with Gasteiger partial charge in [0.05, 0.1) is 17.2 Å².